The molecule has 10 nitrogen and oxygen atoms in total. The van der Waals surface area contributed by atoms with E-state index in [1.807, 2.05) is 0 Å². The zero-order valence-electron chi connectivity index (χ0n) is 21.2. The molecule has 0 aliphatic carbocycles. The molecule has 1 aromatic heterocycles. The van der Waals surface area contributed by atoms with E-state index in [1.54, 1.807) is 55.9 Å². The van der Waals surface area contributed by atoms with Gasteiger partial charge in [-0.15, -0.1) is 16.8 Å². The Kier molecular flexibility index (Phi) is 10.3. The maximum atomic E-state index is 12.6. The standard InChI is InChI=1S/C26H28ClN5O5S/c1-5-12-32-22(14-28-24(34)17-6-9-19(36-4)10-7-17)30-31-26(32)38-15-23(33)29-21-13-18(8-11-20(21)27)25(35)37-16(2)3/h5-11,13,16H,1,12,14-15H2,2-4H3,(H,28,34)(H,29,33). The number of nitrogens with zero attached hydrogens (tertiary/aromatic N) is 3. The molecule has 2 N–H and O–H groups in total. The van der Waals surface area contributed by atoms with Crippen molar-refractivity contribution in [3.8, 4) is 5.75 Å². The van der Waals surface area contributed by atoms with Crippen molar-refractivity contribution >= 4 is 46.8 Å². The van der Waals surface area contributed by atoms with E-state index in [-0.39, 0.29) is 40.8 Å². The number of halogens is 1. The fourth-order valence-electron chi connectivity index (χ4n) is 3.22. The van der Waals surface area contributed by atoms with Crippen molar-refractivity contribution in [2.45, 2.75) is 38.2 Å². The largest absolute Gasteiger partial charge is 0.497 e. The highest BCUT2D eigenvalue weighted by Crippen LogP contribution is 2.25. The number of anilines is 1. The first-order valence-electron chi connectivity index (χ1n) is 11.6. The summed E-state index contributed by atoms with van der Waals surface area (Å²) in [6.45, 7) is 7.78. The molecule has 0 atom stereocenters. The van der Waals surface area contributed by atoms with Crippen molar-refractivity contribution in [3.63, 3.8) is 0 Å². The Morgan fingerprint density at radius 2 is 1.84 bits per heavy atom. The second-order valence-electron chi connectivity index (χ2n) is 8.19. The summed E-state index contributed by atoms with van der Waals surface area (Å²) in [5, 5.41) is 14.6. The first-order chi connectivity index (χ1) is 18.2. The minimum atomic E-state index is -0.509. The van der Waals surface area contributed by atoms with Gasteiger partial charge in [0.2, 0.25) is 5.91 Å². The average molecular weight is 558 g/mol. The van der Waals surface area contributed by atoms with Gasteiger partial charge in [0.1, 0.15) is 5.75 Å². The molecule has 200 valence electrons. The number of ether oxygens (including phenoxy) is 2. The van der Waals surface area contributed by atoms with Crippen LogP contribution in [-0.4, -0.2) is 51.5 Å². The number of carbonyl (C=O) groups excluding carboxylic acids is 3. The number of benzene rings is 2. The minimum Gasteiger partial charge on any atom is -0.497 e. The fraction of sp³-hybridized carbons (Fsp3) is 0.269. The van der Waals surface area contributed by atoms with Gasteiger partial charge in [0.25, 0.3) is 5.91 Å². The van der Waals surface area contributed by atoms with Crippen molar-refractivity contribution in [2.75, 3.05) is 18.2 Å². The van der Waals surface area contributed by atoms with Crippen molar-refractivity contribution < 1.29 is 23.9 Å². The Morgan fingerprint density at radius 1 is 1.13 bits per heavy atom. The van der Waals surface area contributed by atoms with E-state index in [2.05, 4.69) is 27.4 Å². The monoisotopic (exact) mass is 557 g/mol. The normalized spacial score (nSPS) is 10.7. The number of esters is 1. The zero-order chi connectivity index (χ0) is 27.7. The van der Waals surface area contributed by atoms with Crippen LogP contribution in [0.5, 0.6) is 5.75 Å². The minimum absolute atomic E-state index is 0.00445. The Morgan fingerprint density at radius 3 is 2.50 bits per heavy atom. The quantitative estimate of drug-likeness (QED) is 0.191. The molecule has 0 aliphatic rings. The number of carbonyl (C=O) groups is 3. The van der Waals surface area contributed by atoms with Gasteiger partial charge in [0, 0.05) is 12.1 Å². The van der Waals surface area contributed by atoms with Crippen molar-refractivity contribution in [2.24, 2.45) is 0 Å². The van der Waals surface area contributed by atoms with Gasteiger partial charge < -0.3 is 24.7 Å². The molecular weight excluding hydrogens is 530 g/mol. The molecule has 2 amide bonds. The summed E-state index contributed by atoms with van der Waals surface area (Å²) in [4.78, 5) is 37.3. The highest BCUT2D eigenvalue weighted by molar-refractivity contribution is 7.99. The third-order valence-electron chi connectivity index (χ3n) is 5.02. The molecule has 0 unspecified atom stereocenters. The topological polar surface area (TPSA) is 124 Å². The first kappa shape index (κ1) is 28.7. The van der Waals surface area contributed by atoms with Gasteiger partial charge in [-0.2, -0.15) is 0 Å². The maximum absolute atomic E-state index is 12.6. The highest BCUT2D eigenvalue weighted by atomic mass is 35.5. The second-order valence-corrected chi connectivity index (χ2v) is 9.54. The molecule has 1 heterocycles. The molecule has 12 heteroatoms. The molecule has 0 radical (unpaired) electrons. The fourth-order valence-corrected chi connectivity index (χ4v) is 4.15. The summed E-state index contributed by atoms with van der Waals surface area (Å²) >= 11 is 7.37. The summed E-state index contributed by atoms with van der Waals surface area (Å²) in [5.74, 6) is 0.0331. The predicted octanol–water partition coefficient (Wildman–Crippen LogP) is 4.35. The van der Waals surface area contributed by atoms with Crippen LogP contribution >= 0.6 is 23.4 Å². The van der Waals surface area contributed by atoms with Crippen molar-refractivity contribution in [3.05, 3.63) is 77.1 Å². The van der Waals surface area contributed by atoms with E-state index >= 15 is 0 Å². The number of hydrogen-bond acceptors (Lipinski definition) is 8. The van der Waals surface area contributed by atoms with E-state index in [0.29, 0.717) is 34.5 Å². The second kappa shape index (κ2) is 13.6. The van der Waals surface area contributed by atoms with Crippen LogP contribution in [0, 0.1) is 0 Å². The number of amides is 2. The molecule has 0 aliphatic heterocycles. The maximum Gasteiger partial charge on any atom is 0.338 e. The lowest BCUT2D eigenvalue weighted by Crippen LogP contribution is -2.24. The van der Waals surface area contributed by atoms with Crippen LogP contribution in [0.1, 0.15) is 40.4 Å². The van der Waals surface area contributed by atoms with Crippen LogP contribution in [0.25, 0.3) is 0 Å². The van der Waals surface area contributed by atoms with Crippen molar-refractivity contribution in [1.29, 1.82) is 0 Å². The summed E-state index contributed by atoms with van der Waals surface area (Å²) in [6, 6.07) is 11.3. The summed E-state index contributed by atoms with van der Waals surface area (Å²) < 4.78 is 12.1. The van der Waals surface area contributed by atoms with Gasteiger partial charge >= 0.3 is 5.97 Å². The van der Waals surface area contributed by atoms with E-state index in [1.165, 1.54) is 18.2 Å². The Labute approximate surface area is 229 Å². The van der Waals surface area contributed by atoms with E-state index in [4.69, 9.17) is 21.1 Å². The number of nitrogens with one attached hydrogen (secondary N) is 2. The van der Waals surface area contributed by atoms with Crippen molar-refractivity contribution in [1.82, 2.24) is 20.1 Å². The molecule has 38 heavy (non-hydrogen) atoms. The van der Waals surface area contributed by atoms with E-state index in [9.17, 15) is 14.4 Å². The molecule has 3 aromatic rings. The molecular formula is C26H28ClN5O5S. The summed E-state index contributed by atoms with van der Waals surface area (Å²) in [5.41, 5.74) is 1.05. The van der Waals surface area contributed by atoms with Gasteiger partial charge in [-0.25, -0.2) is 4.79 Å². The van der Waals surface area contributed by atoms with Gasteiger partial charge in [0.15, 0.2) is 11.0 Å². The first-order valence-corrected chi connectivity index (χ1v) is 13.0. The van der Waals surface area contributed by atoms with Gasteiger partial charge in [-0.1, -0.05) is 29.4 Å². The third kappa shape index (κ3) is 7.83. The Hall–Kier alpha value is -3.83. The number of methoxy groups -OCH3 is 1. The van der Waals surface area contributed by atoms with Crippen LogP contribution < -0.4 is 15.4 Å². The number of thioether (sulfide) groups is 1. The zero-order valence-corrected chi connectivity index (χ0v) is 22.8. The summed E-state index contributed by atoms with van der Waals surface area (Å²) in [7, 11) is 1.56. The molecule has 3 rings (SSSR count). The van der Waals surface area contributed by atoms with Crippen LogP contribution in [0.4, 0.5) is 5.69 Å². The molecule has 2 aromatic carbocycles. The molecule has 0 spiro atoms. The highest BCUT2D eigenvalue weighted by Gasteiger charge is 2.17. The summed E-state index contributed by atoms with van der Waals surface area (Å²) in [6.07, 6.45) is 1.39. The number of rotatable bonds is 12. The number of aromatic nitrogens is 3. The van der Waals surface area contributed by atoms with Crippen LogP contribution in [-0.2, 0) is 22.6 Å². The van der Waals surface area contributed by atoms with Gasteiger partial charge in [-0.3, -0.25) is 9.59 Å². The Balaban J connectivity index is 1.61. The van der Waals surface area contributed by atoms with Crippen LogP contribution in [0.15, 0.2) is 60.3 Å². The molecule has 0 fully saturated rings. The lowest BCUT2D eigenvalue weighted by atomic mass is 10.2. The van der Waals surface area contributed by atoms with Crippen LogP contribution in [0.3, 0.4) is 0 Å². The lowest BCUT2D eigenvalue weighted by molar-refractivity contribution is -0.113. The molecule has 0 bridgehead atoms. The smallest absolute Gasteiger partial charge is 0.338 e. The molecule has 0 saturated carbocycles. The van der Waals surface area contributed by atoms with Crippen LogP contribution in [0.2, 0.25) is 5.02 Å². The van der Waals surface area contributed by atoms with E-state index in [0.717, 1.165) is 11.8 Å². The number of allylic oxidation sites excluding steroid dienone is 1. The van der Waals surface area contributed by atoms with Gasteiger partial charge in [-0.05, 0) is 56.3 Å². The average Bonchev–Trinajstić information content (AvgIpc) is 3.28. The SMILES string of the molecule is C=CCn1c(CNC(=O)c2ccc(OC)cc2)nnc1SCC(=O)Nc1cc(C(=O)OC(C)C)ccc1Cl. The lowest BCUT2D eigenvalue weighted by Gasteiger charge is -2.11. The van der Waals surface area contributed by atoms with Gasteiger partial charge in [0.05, 0.1) is 41.8 Å². The Bertz CT molecular complexity index is 1310. The molecule has 0 saturated heterocycles. The van der Waals surface area contributed by atoms with E-state index < -0.39 is 5.97 Å². The predicted molar refractivity (Wildman–Crippen MR) is 146 cm³/mol. The third-order valence-corrected chi connectivity index (χ3v) is 6.31. The number of hydrogen-bond donors (Lipinski definition) is 2.